The van der Waals surface area contributed by atoms with E-state index in [0.29, 0.717) is 24.6 Å². The Morgan fingerprint density at radius 1 is 1.09 bits per heavy atom. The third kappa shape index (κ3) is 2.26. The summed E-state index contributed by atoms with van der Waals surface area (Å²) in [5.74, 6) is -1.24. The van der Waals surface area contributed by atoms with E-state index in [1.54, 1.807) is 24.3 Å². The second kappa shape index (κ2) is 6.65. The van der Waals surface area contributed by atoms with Gasteiger partial charge in [-0.05, 0) is 63.6 Å². The number of hydrogen-bond donors (Lipinski definition) is 1. The molecule has 0 saturated carbocycles. The maximum atomic E-state index is 13.9. The summed E-state index contributed by atoms with van der Waals surface area (Å²) in [5.41, 5.74) is 2.00. The molecule has 3 saturated heterocycles. The summed E-state index contributed by atoms with van der Waals surface area (Å²) in [6, 6.07) is 12.8. The zero-order chi connectivity index (χ0) is 22.2. The molecular weight excluding hydrogens is 406 g/mol. The Balaban J connectivity index is 1.49. The lowest BCUT2D eigenvalue weighted by atomic mass is 9.75. The van der Waals surface area contributed by atoms with Crippen molar-refractivity contribution in [1.29, 1.82) is 0 Å². The standard InChI is InChI=1S/C25H25N3O4/c1-3-32-16-9-7-15(8-10-16)28-22(29)20-19-5-4-12-27(19)25(21(20)23(28)30)17-13-14(2)6-11-18(17)26-24(25)31/h6-11,13,19-21H,3-5,12H2,1-2H3,(H,26,31). The smallest absolute Gasteiger partial charge is 0.250 e. The number of amides is 3. The minimum Gasteiger partial charge on any atom is -0.494 e. The van der Waals surface area contributed by atoms with Gasteiger partial charge in [-0.25, -0.2) is 4.90 Å². The number of carbonyl (C=O) groups excluding carboxylic acids is 3. The molecule has 4 aliphatic rings. The molecule has 0 aliphatic carbocycles. The molecule has 0 aromatic heterocycles. The molecule has 1 spiro atoms. The fourth-order valence-electron chi connectivity index (χ4n) is 6.43. The lowest BCUT2D eigenvalue weighted by Crippen LogP contribution is -2.54. The first kappa shape index (κ1) is 19.5. The van der Waals surface area contributed by atoms with Gasteiger partial charge in [0.1, 0.15) is 11.3 Å². The number of rotatable bonds is 3. The number of fused-ring (bicyclic) bond motifs is 7. The lowest BCUT2D eigenvalue weighted by molar-refractivity contribution is -0.135. The van der Waals surface area contributed by atoms with Gasteiger partial charge >= 0.3 is 0 Å². The average molecular weight is 431 g/mol. The molecule has 1 N–H and O–H groups in total. The second-order valence-corrected chi connectivity index (χ2v) is 9.11. The number of benzene rings is 2. The first-order valence-electron chi connectivity index (χ1n) is 11.3. The fraction of sp³-hybridized carbons (Fsp3) is 0.400. The van der Waals surface area contributed by atoms with Crippen LogP contribution in [0.1, 0.15) is 30.9 Å². The number of nitrogens with one attached hydrogen (secondary N) is 1. The molecule has 2 aromatic carbocycles. The first-order valence-corrected chi connectivity index (χ1v) is 11.3. The Bertz CT molecular complexity index is 1160. The molecule has 164 valence electrons. The van der Waals surface area contributed by atoms with Crippen molar-refractivity contribution in [3.8, 4) is 5.75 Å². The van der Waals surface area contributed by atoms with E-state index < -0.39 is 17.4 Å². The molecule has 7 heteroatoms. The Labute approximate surface area is 186 Å². The molecule has 6 rings (SSSR count). The van der Waals surface area contributed by atoms with Gasteiger partial charge in [-0.15, -0.1) is 0 Å². The van der Waals surface area contributed by atoms with Crippen molar-refractivity contribution in [2.75, 3.05) is 23.4 Å². The average Bonchev–Trinajstić information content (AvgIpc) is 3.48. The van der Waals surface area contributed by atoms with Crippen LogP contribution in [0.2, 0.25) is 0 Å². The largest absolute Gasteiger partial charge is 0.494 e. The van der Waals surface area contributed by atoms with Crippen LogP contribution in [0.3, 0.4) is 0 Å². The van der Waals surface area contributed by atoms with Crippen LogP contribution >= 0.6 is 0 Å². The molecule has 4 atom stereocenters. The Kier molecular flexibility index (Phi) is 4.05. The Hall–Kier alpha value is -3.19. The summed E-state index contributed by atoms with van der Waals surface area (Å²) in [6.07, 6.45) is 1.72. The van der Waals surface area contributed by atoms with Crippen molar-refractivity contribution in [2.24, 2.45) is 11.8 Å². The molecule has 3 amide bonds. The molecule has 7 nitrogen and oxygen atoms in total. The maximum absolute atomic E-state index is 13.9. The van der Waals surface area contributed by atoms with Crippen LogP contribution in [0.5, 0.6) is 5.75 Å². The SMILES string of the molecule is CCOc1ccc(N2C(=O)C3C4CCCN4C4(C(=O)Nc5ccc(C)cc54)C3C2=O)cc1. The highest BCUT2D eigenvalue weighted by atomic mass is 16.5. The van der Waals surface area contributed by atoms with Gasteiger partial charge in [0.2, 0.25) is 17.7 Å². The van der Waals surface area contributed by atoms with Gasteiger partial charge in [0.05, 0.1) is 24.1 Å². The van der Waals surface area contributed by atoms with E-state index >= 15 is 0 Å². The third-order valence-electron chi connectivity index (χ3n) is 7.55. The van der Waals surface area contributed by atoms with Gasteiger partial charge in [-0.3, -0.25) is 19.3 Å². The number of aryl methyl sites for hydroxylation is 1. The van der Waals surface area contributed by atoms with Gasteiger partial charge < -0.3 is 10.1 Å². The van der Waals surface area contributed by atoms with Crippen LogP contribution < -0.4 is 15.0 Å². The first-order chi connectivity index (χ1) is 15.5. The van der Waals surface area contributed by atoms with Crippen molar-refractivity contribution >= 4 is 29.1 Å². The molecule has 32 heavy (non-hydrogen) atoms. The van der Waals surface area contributed by atoms with Crippen molar-refractivity contribution in [1.82, 2.24) is 4.90 Å². The summed E-state index contributed by atoms with van der Waals surface area (Å²) < 4.78 is 5.50. The van der Waals surface area contributed by atoms with Gasteiger partial charge in [-0.1, -0.05) is 17.7 Å². The predicted molar refractivity (Wildman–Crippen MR) is 118 cm³/mol. The molecule has 4 unspecified atom stereocenters. The summed E-state index contributed by atoms with van der Waals surface area (Å²) in [5, 5.41) is 3.01. The van der Waals surface area contributed by atoms with E-state index in [1.165, 1.54) is 4.90 Å². The van der Waals surface area contributed by atoms with E-state index in [9.17, 15) is 14.4 Å². The van der Waals surface area contributed by atoms with Crippen LogP contribution in [0.15, 0.2) is 42.5 Å². The number of imide groups is 1. The molecule has 2 aromatic rings. The fourth-order valence-corrected chi connectivity index (χ4v) is 6.43. The molecule has 4 aliphatic heterocycles. The summed E-state index contributed by atoms with van der Waals surface area (Å²) in [6.45, 7) is 5.14. The maximum Gasteiger partial charge on any atom is 0.250 e. The normalized spacial score (nSPS) is 30.6. The van der Waals surface area contributed by atoms with Gasteiger partial charge in [-0.2, -0.15) is 0 Å². The molecule has 3 fully saturated rings. The minimum atomic E-state index is -1.13. The third-order valence-corrected chi connectivity index (χ3v) is 7.55. The number of ether oxygens (including phenoxy) is 1. The van der Waals surface area contributed by atoms with Crippen LogP contribution in [0.25, 0.3) is 0 Å². The van der Waals surface area contributed by atoms with E-state index in [2.05, 4.69) is 10.2 Å². The Morgan fingerprint density at radius 2 is 1.88 bits per heavy atom. The summed E-state index contributed by atoms with van der Waals surface area (Å²) in [4.78, 5) is 44.7. The van der Waals surface area contributed by atoms with E-state index in [4.69, 9.17) is 4.74 Å². The van der Waals surface area contributed by atoms with E-state index in [0.717, 1.165) is 29.7 Å². The number of hydrogen-bond acceptors (Lipinski definition) is 5. The van der Waals surface area contributed by atoms with E-state index in [-0.39, 0.29) is 23.8 Å². The van der Waals surface area contributed by atoms with Crippen molar-refractivity contribution in [2.45, 2.75) is 38.3 Å². The van der Waals surface area contributed by atoms with Crippen molar-refractivity contribution in [3.05, 3.63) is 53.6 Å². The molecule has 0 bridgehead atoms. The zero-order valence-electron chi connectivity index (χ0n) is 18.1. The van der Waals surface area contributed by atoms with Crippen LogP contribution in [0.4, 0.5) is 11.4 Å². The number of nitrogens with zero attached hydrogens (tertiary/aromatic N) is 2. The van der Waals surface area contributed by atoms with Gasteiger partial charge in [0.15, 0.2) is 0 Å². The quantitative estimate of drug-likeness (QED) is 0.756. The van der Waals surface area contributed by atoms with Gasteiger partial charge in [0, 0.05) is 17.3 Å². The topological polar surface area (TPSA) is 79.0 Å². The minimum absolute atomic E-state index is 0.110. The lowest BCUT2D eigenvalue weighted by Gasteiger charge is -2.36. The number of anilines is 2. The Morgan fingerprint density at radius 3 is 2.62 bits per heavy atom. The van der Waals surface area contributed by atoms with Crippen LogP contribution in [-0.2, 0) is 19.9 Å². The molecule has 0 radical (unpaired) electrons. The highest BCUT2D eigenvalue weighted by Crippen LogP contribution is 2.60. The van der Waals surface area contributed by atoms with Crippen molar-refractivity contribution in [3.63, 3.8) is 0 Å². The van der Waals surface area contributed by atoms with E-state index in [1.807, 2.05) is 32.0 Å². The monoisotopic (exact) mass is 431 g/mol. The molecule has 4 heterocycles. The second-order valence-electron chi connectivity index (χ2n) is 9.11. The predicted octanol–water partition coefficient (Wildman–Crippen LogP) is 2.82. The summed E-state index contributed by atoms with van der Waals surface area (Å²) in [7, 11) is 0. The highest BCUT2D eigenvalue weighted by molar-refractivity contribution is 6.25. The van der Waals surface area contributed by atoms with Crippen LogP contribution in [-0.4, -0.2) is 41.8 Å². The van der Waals surface area contributed by atoms with Crippen LogP contribution in [0, 0.1) is 18.8 Å². The zero-order valence-corrected chi connectivity index (χ0v) is 18.1. The number of carbonyl (C=O) groups is 3. The molecular formula is C25H25N3O4. The summed E-state index contributed by atoms with van der Waals surface area (Å²) >= 11 is 0. The highest BCUT2D eigenvalue weighted by Gasteiger charge is 2.74. The van der Waals surface area contributed by atoms with Crippen molar-refractivity contribution < 1.29 is 19.1 Å². The van der Waals surface area contributed by atoms with Gasteiger partial charge in [0.25, 0.3) is 0 Å².